The highest BCUT2D eigenvalue weighted by Crippen LogP contribution is 2.22. The first kappa shape index (κ1) is 12.0. The summed E-state index contributed by atoms with van der Waals surface area (Å²) in [7, 11) is 3.64. The number of anilines is 2. The number of carbonyl (C=O) groups is 2. The van der Waals surface area contributed by atoms with E-state index in [1.54, 1.807) is 17.2 Å². The normalized spacial score (nSPS) is 9.62. The van der Waals surface area contributed by atoms with Gasteiger partial charge in [0.1, 0.15) is 6.42 Å². The second kappa shape index (κ2) is 5.11. The summed E-state index contributed by atoms with van der Waals surface area (Å²) >= 11 is 0. The number of hydrogen-bond acceptors (Lipinski definition) is 4. The first-order valence-electron chi connectivity index (χ1n) is 4.63. The van der Waals surface area contributed by atoms with Crippen LogP contribution in [-0.4, -0.2) is 36.1 Å². The molecule has 86 valence electrons. The molecule has 1 aromatic rings. The quantitative estimate of drug-likeness (QED) is 0.729. The Bertz CT molecular complexity index is 404. The Labute approximate surface area is 92.9 Å². The summed E-state index contributed by atoms with van der Waals surface area (Å²) in [4.78, 5) is 27.3. The highest BCUT2D eigenvalue weighted by molar-refractivity contribution is 6.02. The second-order valence-corrected chi connectivity index (χ2v) is 3.41. The first-order chi connectivity index (χ1) is 7.50. The minimum absolute atomic E-state index is 0.499. The van der Waals surface area contributed by atoms with Gasteiger partial charge in [0.05, 0.1) is 17.6 Å². The average molecular weight is 223 g/mol. The average Bonchev–Trinajstić information content (AvgIpc) is 2.16. The zero-order chi connectivity index (χ0) is 12.1. The van der Waals surface area contributed by atoms with Gasteiger partial charge in [0.25, 0.3) is 0 Å². The number of pyridine rings is 1. The van der Waals surface area contributed by atoms with Gasteiger partial charge in [-0.1, -0.05) is 0 Å². The van der Waals surface area contributed by atoms with E-state index in [4.69, 9.17) is 5.11 Å². The number of nitrogens with one attached hydrogen (secondary N) is 1. The number of rotatable bonds is 4. The monoisotopic (exact) mass is 223 g/mol. The van der Waals surface area contributed by atoms with Gasteiger partial charge in [-0.2, -0.15) is 0 Å². The third-order valence-corrected chi connectivity index (χ3v) is 1.87. The van der Waals surface area contributed by atoms with Crippen LogP contribution < -0.4 is 10.2 Å². The number of carboxylic acids is 1. The molecule has 0 atom stereocenters. The van der Waals surface area contributed by atoms with Crippen molar-refractivity contribution in [1.82, 2.24) is 4.98 Å². The number of hydrogen-bond donors (Lipinski definition) is 2. The highest BCUT2D eigenvalue weighted by atomic mass is 16.4. The van der Waals surface area contributed by atoms with Gasteiger partial charge in [-0.3, -0.25) is 14.6 Å². The SMILES string of the molecule is CN(C)c1ccncc1NC(=O)CC(=O)O. The fourth-order valence-corrected chi connectivity index (χ4v) is 1.21. The van der Waals surface area contributed by atoms with E-state index >= 15 is 0 Å². The maximum absolute atomic E-state index is 11.3. The van der Waals surface area contributed by atoms with Gasteiger partial charge in [0.2, 0.25) is 5.91 Å². The van der Waals surface area contributed by atoms with Crippen molar-refractivity contribution < 1.29 is 14.7 Å². The maximum Gasteiger partial charge on any atom is 0.312 e. The molecule has 0 aliphatic rings. The number of aromatic nitrogens is 1. The molecule has 1 heterocycles. The van der Waals surface area contributed by atoms with E-state index in [2.05, 4.69) is 10.3 Å². The van der Waals surface area contributed by atoms with E-state index in [-0.39, 0.29) is 0 Å². The fourth-order valence-electron chi connectivity index (χ4n) is 1.21. The molecule has 0 bridgehead atoms. The first-order valence-corrected chi connectivity index (χ1v) is 4.63. The maximum atomic E-state index is 11.3. The Hall–Kier alpha value is -2.11. The Morgan fingerprint density at radius 3 is 2.75 bits per heavy atom. The summed E-state index contributed by atoms with van der Waals surface area (Å²) in [6, 6.07) is 1.73. The predicted molar refractivity (Wildman–Crippen MR) is 59.4 cm³/mol. The van der Waals surface area contributed by atoms with Crippen molar-refractivity contribution in [1.29, 1.82) is 0 Å². The van der Waals surface area contributed by atoms with Gasteiger partial charge in [-0.25, -0.2) is 0 Å². The van der Waals surface area contributed by atoms with Crippen LogP contribution in [0, 0.1) is 0 Å². The molecule has 0 aliphatic carbocycles. The Balaban J connectivity index is 2.80. The minimum Gasteiger partial charge on any atom is -0.481 e. The Morgan fingerprint density at radius 2 is 2.19 bits per heavy atom. The topological polar surface area (TPSA) is 82.5 Å². The predicted octanol–water partition coefficient (Wildman–Crippen LogP) is 0.561. The van der Waals surface area contributed by atoms with Gasteiger partial charge in [-0.05, 0) is 6.07 Å². The van der Waals surface area contributed by atoms with E-state index in [0.29, 0.717) is 5.69 Å². The lowest BCUT2D eigenvalue weighted by atomic mass is 10.3. The van der Waals surface area contributed by atoms with Crippen LogP contribution in [-0.2, 0) is 9.59 Å². The molecule has 2 N–H and O–H groups in total. The number of amides is 1. The molecule has 1 rings (SSSR count). The summed E-state index contributed by atoms with van der Waals surface area (Å²) in [5.41, 5.74) is 1.27. The summed E-state index contributed by atoms with van der Waals surface area (Å²) in [6.45, 7) is 0. The Kier molecular flexibility index (Phi) is 3.82. The number of aliphatic carboxylic acids is 1. The minimum atomic E-state index is -1.16. The van der Waals surface area contributed by atoms with Gasteiger partial charge >= 0.3 is 5.97 Å². The molecular weight excluding hydrogens is 210 g/mol. The van der Waals surface area contributed by atoms with Crippen LogP contribution >= 0.6 is 0 Å². The number of carboxylic acid groups (broad SMARTS) is 1. The summed E-state index contributed by atoms with van der Waals surface area (Å²) in [6.07, 6.45) is 2.53. The molecule has 1 amide bonds. The van der Waals surface area contributed by atoms with Crippen molar-refractivity contribution in [3.05, 3.63) is 18.5 Å². The zero-order valence-corrected chi connectivity index (χ0v) is 9.10. The number of carbonyl (C=O) groups excluding carboxylic acids is 1. The Morgan fingerprint density at radius 1 is 1.50 bits per heavy atom. The van der Waals surface area contributed by atoms with Crippen molar-refractivity contribution in [3.63, 3.8) is 0 Å². The summed E-state index contributed by atoms with van der Waals surface area (Å²) in [5, 5.41) is 11.0. The van der Waals surface area contributed by atoms with E-state index in [0.717, 1.165) is 5.69 Å². The van der Waals surface area contributed by atoms with E-state index in [1.165, 1.54) is 6.20 Å². The molecule has 0 radical (unpaired) electrons. The van der Waals surface area contributed by atoms with Crippen molar-refractivity contribution in [2.75, 3.05) is 24.3 Å². The van der Waals surface area contributed by atoms with Gasteiger partial charge in [0, 0.05) is 20.3 Å². The van der Waals surface area contributed by atoms with Crippen LogP contribution in [0.5, 0.6) is 0 Å². The molecular formula is C10H13N3O3. The van der Waals surface area contributed by atoms with E-state index in [9.17, 15) is 9.59 Å². The molecule has 16 heavy (non-hydrogen) atoms. The lowest BCUT2D eigenvalue weighted by Gasteiger charge is -2.16. The lowest BCUT2D eigenvalue weighted by Crippen LogP contribution is -2.19. The molecule has 6 heteroatoms. The molecule has 6 nitrogen and oxygen atoms in total. The van der Waals surface area contributed by atoms with Crippen molar-refractivity contribution >= 4 is 23.3 Å². The van der Waals surface area contributed by atoms with Crippen LogP contribution in [0.2, 0.25) is 0 Å². The smallest absolute Gasteiger partial charge is 0.312 e. The number of nitrogens with zero attached hydrogens (tertiary/aromatic N) is 2. The van der Waals surface area contributed by atoms with Crippen molar-refractivity contribution in [2.45, 2.75) is 6.42 Å². The molecule has 0 aliphatic heterocycles. The fraction of sp³-hybridized carbons (Fsp3) is 0.300. The van der Waals surface area contributed by atoms with Crippen LogP contribution in [0.4, 0.5) is 11.4 Å². The van der Waals surface area contributed by atoms with E-state index in [1.807, 2.05) is 14.1 Å². The van der Waals surface area contributed by atoms with Crippen LogP contribution in [0.3, 0.4) is 0 Å². The van der Waals surface area contributed by atoms with E-state index < -0.39 is 18.3 Å². The molecule has 1 aromatic heterocycles. The molecule has 0 aromatic carbocycles. The lowest BCUT2D eigenvalue weighted by molar-refractivity contribution is -0.139. The third-order valence-electron chi connectivity index (χ3n) is 1.87. The van der Waals surface area contributed by atoms with Gasteiger partial charge in [0.15, 0.2) is 0 Å². The molecule has 0 unspecified atom stereocenters. The summed E-state index contributed by atoms with van der Waals surface area (Å²) < 4.78 is 0. The largest absolute Gasteiger partial charge is 0.481 e. The third kappa shape index (κ3) is 3.23. The van der Waals surface area contributed by atoms with Crippen LogP contribution in [0.15, 0.2) is 18.5 Å². The zero-order valence-electron chi connectivity index (χ0n) is 9.10. The van der Waals surface area contributed by atoms with Gasteiger partial charge in [-0.15, -0.1) is 0 Å². The second-order valence-electron chi connectivity index (χ2n) is 3.41. The molecule has 0 saturated carbocycles. The molecule has 0 spiro atoms. The van der Waals surface area contributed by atoms with Crippen molar-refractivity contribution in [2.24, 2.45) is 0 Å². The molecule has 0 fully saturated rings. The molecule has 0 saturated heterocycles. The standard InChI is InChI=1S/C10H13N3O3/c1-13(2)8-3-4-11-6-7(8)12-9(14)5-10(15)16/h3-4,6H,5H2,1-2H3,(H,12,14)(H,15,16). The van der Waals surface area contributed by atoms with Crippen LogP contribution in [0.25, 0.3) is 0 Å². The van der Waals surface area contributed by atoms with Gasteiger partial charge < -0.3 is 15.3 Å². The summed E-state index contributed by atoms with van der Waals surface area (Å²) in [5.74, 6) is -1.73. The highest BCUT2D eigenvalue weighted by Gasteiger charge is 2.11. The van der Waals surface area contributed by atoms with Crippen LogP contribution in [0.1, 0.15) is 6.42 Å². The van der Waals surface area contributed by atoms with Crippen molar-refractivity contribution in [3.8, 4) is 0 Å².